The molecule has 8 heteroatoms. The van der Waals surface area contributed by atoms with Crippen LogP contribution in [0, 0.1) is 0 Å². The Bertz CT molecular complexity index is 574. The van der Waals surface area contributed by atoms with Gasteiger partial charge >= 0.3 is 12.0 Å². The summed E-state index contributed by atoms with van der Waals surface area (Å²) in [6, 6.07) is 7.45. The number of rotatable bonds is 5. The van der Waals surface area contributed by atoms with Gasteiger partial charge in [0.05, 0.1) is 0 Å². The predicted molar refractivity (Wildman–Crippen MR) is 73.6 cm³/mol. The molecule has 20 heavy (non-hydrogen) atoms. The van der Waals surface area contributed by atoms with Gasteiger partial charge in [0.1, 0.15) is 11.6 Å². The highest BCUT2D eigenvalue weighted by Crippen LogP contribution is 2.08. The Hall–Kier alpha value is -2.48. The molecule has 1 heterocycles. The minimum Gasteiger partial charge on any atom is -0.480 e. The third-order valence-electron chi connectivity index (χ3n) is 2.47. The maximum Gasteiger partial charge on any atom is 0.326 e. The van der Waals surface area contributed by atoms with E-state index in [4.69, 9.17) is 5.11 Å². The van der Waals surface area contributed by atoms with E-state index in [0.717, 1.165) is 16.9 Å². The van der Waals surface area contributed by atoms with Crippen LogP contribution in [-0.4, -0.2) is 33.3 Å². The van der Waals surface area contributed by atoms with E-state index in [0.29, 0.717) is 5.13 Å². The lowest BCUT2D eigenvalue weighted by atomic mass is 10.1. The summed E-state index contributed by atoms with van der Waals surface area (Å²) in [6.45, 7) is 0. The smallest absolute Gasteiger partial charge is 0.326 e. The summed E-state index contributed by atoms with van der Waals surface area (Å²) in [5.41, 5.74) is 2.30. The number of amides is 2. The van der Waals surface area contributed by atoms with E-state index in [1.54, 1.807) is 12.1 Å². The van der Waals surface area contributed by atoms with Crippen molar-refractivity contribution in [3.05, 3.63) is 41.4 Å². The van der Waals surface area contributed by atoms with Crippen molar-refractivity contribution >= 4 is 28.5 Å². The number of carbonyl (C=O) groups is 2. The van der Waals surface area contributed by atoms with Crippen LogP contribution in [0.2, 0.25) is 0 Å². The first-order chi connectivity index (χ1) is 9.65. The minimum absolute atomic E-state index is 0.208. The molecule has 1 aromatic carbocycles. The minimum atomic E-state index is -1.10. The van der Waals surface area contributed by atoms with Crippen LogP contribution in [0.4, 0.5) is 9.93 Å². The molecule has 0 aliphatic carbocycles. The van der Waals surface area contributed by atoms with E-state index in [9.17, 15) is 9.59 Å². The van der Waals surface area contributed by atoms with Crippen LogP contribution in [0.15, 0.2) is 35.8 Å². The molecule has 0 saturated carbocycles. The molecule has 2 amide bonds. The second kappa shape index (κ2) is 6.62. The van der Waals surface area contributed by atoms with Gasteiger partial charge in [-0.05, 0) is 5.56 Å². The molecule has 2 aromatic rings. The van der Waals surface area contributed by atoms with Crippen LogP contribution in [0.25, 0.3) is 0 Å². The van der Waals surface area contributed by atoms with E-state index in [-0.39, 0.29) is 6.42 Å². The monoisotopic (exact) mass is 292 g/mol. The van der Waals surface area contributed by atoms with Gasteiger partial charge in [0, 0.05) is 6.42 Å². The van der Waals surface area contributed by atoms with Gasteiger partial charge < -0.3 is 10.4 Å². The van der Waals surface area contributed by atoms with Crippen molar-refractivity contribution < 1.29 is 14.7 Å². The van der Waals surface area contributed by atoms with E-state index in [1.165, 1.54) is 5.51 Å². The zero-order valence-corrected chi connectivity index (χ0v) is 11.1. The van der Waals surface area contributed by atoms with Gasteiger partial charge in [0.2, 0.25) is 5.13 Å². The number of hydrogen-bond donors (Lipinski definition) is 3. The van der Waals surface area contributed by atoms with E-state index >= 15 is 0 Å². The van der Waals surface area contributed by atoms with E-state index in [1.807, 2.05) is 18.2 Å². The van der Waals surface area contributed by atoms with Crippen LogP contribution < -0.4 is 10.6 Å². The summed E-state index contributed by atoms with van der Waals surface area (Å²) >= 11 is 1.15. The molecule has 0 saturated heterocycles. The summed E-state index contributed by atoms with van der Waals surface area (Å²) < 4.78 is 0. The van der Waals surface area contributed by atoms with E-state index in [2.05, 4.69) is 20.8 Å². The molecule has 2 rings (SSSR count). The Labute approximate surface area is 118 Å². The predicted octanol–water partition coefficient (Wildman–Crippen LogP) is 1.36. The Morgan fingerprint density at radius 2 is 2.05 bits per heavy atom. The molecule has 104 valence electrons. The summed E-state index contributed by atoms with van der Waals surface area (Å²) in [5, 5.41) is 21.5. The largest absolute Gasteiger partial charge is 0.480 e. The maximum atomic E-state index is 11.7. The molecule has 0 bridgehead atoms. The number of anilines is 1. The highest BCUT2D eigenvalue weighted by molar-refractivity contribution is 7.13. The number of nitrogens with zero attached hydrogens (tertiary/aromatic N) is 2. The third kappa shape index (κ3) is 4.02. The molecular formula is C12H12N4O3S. The number of benzene rings is 1. The van der Waals surface area contributed by atoms with Gasteiger partial charge in [0.15, 0.2) is 0 Å². The molecular weight excluding hydrogens is 280 g/mol. The van der Waals surface area contributed by atoms with Gasteiger partial charge in [-0.3, -0.25) is 5.32 Å². The number of hydrogen-bond acceptors (Lipinski definition) is 5. The number of carbonyl (C=O) groups excluding carboxylic acids is 1. The molecule has 1 atom stereocenters. The quantitative estimate of drug-likeness (QED) is 0.771. The van der Waals surface area contributed by atoms with Crippen LogP contribution in [-0.2, 0) is 11.2 Å². The van der Waals surface area contributed by atoms with Crippen molar-refractivity contribution in [2.24, 2.45) is 0 Å². The van der Waals surface area contributed by atoms with Crippen LogP contribution in [0.3, 0.4) is 0 Å². The molecule has 1 aromatic heterocycles. The Morgan fingerprint density at radius 3 is 2.65 bits per heavy atom. The standard InChI is InChI=1S/C12H12N4O3S/c17-10(18)9(6-8-4-2-1-3-5-8)14-11(19)15-12-16-13-7-20-12/h1-5,7,9H,6H2,(H,17,18)(H2,14,15,16,19). The molecule has 1 unspecified atom stereocenters. The molecule has 0 aliphatic rings. The fraction of sp³-hybridized carbons (Fsp3) is 0.167. The lowest BCUT2D eigenvalue weighted by Gasteiger charge is -2.14. The first-order valence-corrected chi connectivity index (χ1v) is 6.63. The number of nitrogens with one attached hydrogen (secondary N) is 2. The number of carboxylic acid groups (broad SMARTS) is 1. The third-order valence-corrected chi connectivity index (χ3v) is 3.07. The summed E-state index contributed by atoms with van der Waals surface area (Å²) in [5.74, 6) is -1.10. The fourth-order valence-corrected chi connectivity index (χ4v) is 2.01. The average Bonchev–Trinajstić information content (AvgIpc) is 2.92. The molecule has 0 radical (unpaired) electrons. The number of carboxylic acids is 1. The summed E-state index contributed by atoms with van der Waals surface area (Å²) in [6.07, 6.45) is 0.208. The Morgan fingerprint density at radius 1 is 1.30 bits per heavy atom. The van der Waals surface area contributed by atoms with Gasteiger partial charge in [-0.1, -0.05) is 41.7 Å². The Balaban J connectivity index is 1.95. The number of urea groups is 1. The maximum absolute atomic E-state index is 11.7. The first kappa shape index (κ1) is 13.9. The zero-order valence-electron chi connectivity index (χ0n) is 10.3. The van der Waals surface area contributed by atoms with Crippen molar-refractivity contribution in [1.82, 2.24) is 15.5 Å². The van der Waals surface area contributed by atoms with Crippen LogP contribution >= 0.6 is 11.3 Å². The number of aliphatic carboxylic acids is 1. The van der Waals surface area contributed by atoms with Crippen LogP contribution in [0.1, 0.15) is 5.56 Å². The summed E-state index contributed by atoms with van der Waals surface area (Å²) in [7, 11) is 0. The topological polar surface area (TPSA) is 104 Å². The van der Waals surface area contributed by atoms with Crippen molar-refractivity contribution in [2.45, 2.75) is 12.5 Å². The second-order valence-corrected chi connectivity index (χ2v) is 4.76. The SMILES string of the molecule is O=C(Nc1nncs1)NC(Cc1ccccc1)C(=O)O. The lowest BCUT2D eigenvalue weighted by molar-refractivity contribution is -0.139. The highest BCUT2D eigenvalue weighted by atomic mass is 32.1. The average molecular weight is 292 g/mol. The summed E-state index contributed by atoms with van der Waals surface area (Å²) in [4.78, 5) is 22.8. The Kier molecular flexibility index (Phi) is 4.61. The van der Waals surface area contributed by atoms with Crippen molar-refractivity contribution in [3.63, 3.8) is 0 Å². The van der Waals surface area contributed by atoms with Gasteiger partial charge in [0.25, 0.3) is 0 Å². The lowest BCUT2D eigenvalue weighted by Crippen LogP contribution is -2.44. The molecule has 0 aliphatic heterocycles. The zero-order chi connectivity index (χ0) is 14.4. The van der Waals surface area contributed by atoms with Crippen molar-refractivity contribution in [2.75, 3.05) is 5.32 Å². The van der Waals surface area contributed by atoms with Crippen molar-refractivity contribution in [3.8, 4) is 0 Å². The number of aromatic nitrogens is 2. The normalized spacial score (nSPS) is 11.6. The molecule has 0 spiro atoms. The first-order valence-electron chi connectivity index (χ1n) is 5.75. The molecule has 3 N–H and O–H groups in total. The van der Waals surface area contributed by atoms with Crippen molar-refractivity contribution in [1.29, 1.82) is 0 Å². The highest BCUT2D eigenvalue weighted by Gasteiger charge is 2.20. The van der Waals surface area contributed by atoms with Gasteiger partial charge in [-0.25, -0.2) is 9.59 Å². The van der Waals surface area contributed by atoms with Gasteiger partial charge in [-0.2, -0.15) is 0 Å². The van der Waals surface area contributed by atoms with Gasteiger partial charge in [-0.15, -0.1) is 10.2 Å². The second-order valence-electron chi connectivity index (χ2n) is 3.92. The fourth-order valence-electron chi connectivity index (χ4n) is 1.57. The van der Waals surface area contributed by atoms with Crippen LogP contribution in [0.5, 0.6) is 0 Å². The molecule has 7 nitrogen and oxygen atoms in total. The molecule has 0 fully saturated rings. The van der Waals surface area contributed by atoms with E-state index < -0.39 is 18.0 Å².